The summed E-state index contributed by atoms with van der Waals surface area (Å²) in [4.78, 5) is 26.3. The van der Waals surface area contributed by atoms with Gasteiger partial charge >= 0.3 is 6.03 Å². The van der Waals surface area contributed by atoms with Gasteiger partial charge in [0.05, 0.1) is 6.54 Å². The summed E-state index contributed by atoms with van der Waals surface area (Å²) in [6.07, 6.45) is 0. The molecule has 0 bridgehead atoms. The van der Waals surface area contributed by atoms with Gasteiger partial charge in [-0.2, -0.15) is 0 Å². The zero-order valence-corrected chi connectivity index (χ0v) is 16.8. The third-order valence-electron chi connectivity index (χ3n) is 4.73. The van der Waals surface area contributed by atoms with Crippen LogP contribution in [0.2, 0.25) is 0 Å². The number of nitrogens with one attached hydrogen (secondary N) is 3. The lowest BCUT2D eigenvalue weighted by molar-refractivity contribution is -0.118. The first-order valence-corrected chi connectivity index (χ1v) is 9.27. The Morgan fingerprint density at radius 2 is 1.85 bits per heavy atom. The van der Waals surface area contributed by atoms with E-state index in [9.17, 15) is 9.59 Å². The second-order valence-electron chi connectivity index (χ2n) is 8.44. The SMILES string of the molecule is CC(C)C(C)N1Cc2cccc(NCC(=O)NC(=O)NC(C)(C)C)c2C1. The van der Waals surface area contributed by atoms with Gasteiger partial charge in [0.2, 0.25) is 5.91 Å². The first kappa shape index (κ1) is 20.2. The molecule has 0 saturated carbocycles. The zero-order chi connectivity index (χ0) is 19.5. The van der Waals surface area contributed by atoms with E-state index in [-0.39, 0.29) is 18.0 Å². The number of hydrogen-bond acceptors (Lipinski definition) is 4. The fraction of sp³-hybridized carbons (Fsp3) is 0.600. The van der Waals surface area contributed by atoms with Crippen LogP contribution in [0.25, 0.3) is 0 Å². The van der Waals surface area contributed by atoms with Crippen LogP contribution in [0.4, 0.5) is 10.5 Å². The second kappa shape index (κ2) is 8.08. The van der Waals surface area contributed by atoms with Crippen LogP contribution in [-0.4, -0.2) is 35.0 Å². The minimum absolute atomic E-state index is 0.0632. The predicted molar refractivity (Wildman–Crippen MR) is 105 cm³/mol. The van der Waals surface area contributed by atoms with Crippen molar-refractivity contribution in [3.63, 3.8) is 0 Å². The van der Waals surface area contributed by atoms with Crippen molar-refractivity contribution in [1.29, 1.82) is 0 Å². The molecule has 0 radical (unpaired) electrons. The molecular weight excluding hydrogens is 328 g/mol. The number of carbonyl (C=O) groups excluding carboxylic acids is 2. The maximum absolute atomic E-state index is 12.0. The fourth-order valence-corrected chi connectivity index (χ4v) is 3.04. The van der Waals surface area contributed by atoms with Crippen LogP contribution >= 0.6 is 0 Å². The van der Waals surface area contributed by atoms with Crippen LogP contribution in [0.3, 0.4) is 0 Å². The van der Waals surface area contributed by atoms with Crippen molar-refractivity contribution in [2.75, 3.05) is 11.9 Å². The topological polar surface area (TPSA) is 73.5 Å². The van der Waals surface area contributed by atoms with E-state index < -0.39 is 6.03 Å². The number of imide groups is 1. The normalized spacial score (nSPS) is 15.5. The number of anilines is 1. The van der Waals surface area contributed by atoms with E-state index in [0.717, 1.165) is 18.8 Å². The third kappa shape index (κ3) is 5.46. The van der Waals surface area contributed by atoms with Gasteiger partial charge in [-0.25, -0.2) is 4.79 Å². The Balaban J connectivity index is 1.94. The van der Waals surface area contributed by atoms with Gasteiger partial charge in [0.1, 0.15) is 0 Å². The largest absolute Gasteiger partial charge is 0.376 e. The van der Waals surface area contributed by atoms with Crippen LogP contribution in [0.15, 0.2) is 18.2 Å². The Morgan fingerprint density at radius 1 is 1.15 bits per heavy atom. The van der Waals surface area contributed by atoms with Gasteiger partial charge in [0.25, 0.3) is 0 Å². The molecule has 6 heteroatoms. The summed E-state index contributed by atoms with van der Waals surface area (Å²) in [7, 11) is 0. The smallest absolute Gasteiger partial charge is 0.321 e. The highest BCUT2D eigenvalue weighted by Gasteiger charge is 2.26. The maximum atomic E-state index is 12.0. The number of amides is 3. The van der Waals surface area contributed by atoms with Gasteiger partial charge in [0, 0.05) is 30.4 Å². The number of urea groups is 1. The Kier molecular flexibility index (Phi) is 6.29. The van der Waals surface area contributed by atoms with E-state index in [2.05, 4.69) is 47.7 Å². The van der Waals surface area contributed by atoms with E-state index in [4.69, 9.17) is 0 Å². The molecule has 0 spiro atoms. The zero-order valence-electron chi connectivity index (χ0n) is 16.8. The molecule has 1 aromatic carbocycles. The molecule has 3 amide bonds. The second-order valence-corrected chi connectivity index (χ2v) is 8.44. The minimum atomic E-state index is -0.473. The molecule has 0 aliphatic carbocycles. The van der Waals surface area contributed by atoms with E-state index in [1.165, 1.54) is 11.1 Å². The lowest BCUT2D eigenvalue weighted by Crippen LogP contribution is -2.49. The van der Waals surface area contributed by atoms with Crippen molar-refractivity contribution < 1.29 is 9.59 Å². The number of rotatable bonds is 5. The van der Waals surface area contributed by atoms with Crippen molar-refractivity contribution in [3.8, 4) is 0 Å². The molecule has 3 N–H and O–H groups in total. The first-order chi connectivity index (χ1) is 12.1. The molecule has 26 heavy (non-hydrogen) atoms. The van der Waals surface area contributed by atoms with Crippen LogP contribution in [0.5, 0.6) is 0 Å². The molecule has 0 aromatic heterocycles. The van der Waals surface area contributed by atoms with Crippen molar-refractivity contribution >= 4 is 17.6 Å². The lowest BCUT2D eigenvalue weighted by Gasteiger charge is -2.27. The van der Waals surface area contributed by atoms with E-state index >= 15 is 0 Å². The number of carbonyl (C=O) groups is 2. The minimum Gasteiger partial charge on any atom is -0.376 e. The Hall–Kier alpha value is -2.08. The Bertz CT molecular complexity index is 664. The lowest BCUT2D eigenvalue weighted by atomic mass is 10.1. The predicted octanol–water partition coefficient (Wildman–Crippen LogP) is 3.08. The molecule has 1 aromatic rings. The molecule has 1 heterocycles. The highest BCUT2D eigenvalue weighted by atomic mass is 16.2. The maximum Gasteiger partial charge on any atom is 0.321 e. The number of fused-ring (bicyclic) bond motifs is 1. The number of nitrogens with zero attached hydrogens (tertiary/aromatic N) is 1. The Labute approximate surface area is 156 Å². The summed E-state index contributed by atoms with van der Waals surface area (Å²) in [6, 6.07) is 6.17. The summed E-state index contributed by atoms with van der Waals surface area (Å²) in [5, 5.41) is 8.25. The summed E-state index contributed by atoms with van der Waals surface area (Å²) in [6.45, 7) is 14.2. The van der Waals surface area contributed by atoms with Gasteiger partial charge in [-0.1, -0.05) is 26.0 Å². The quantitative estimate of drug-likeness (QED) is 0.754. The fourth-order valence-electron chi connectivity index (χ4n) is 3.04. The van der Waals surface area contributed by atoms with Crippen molar-refractivity contribution in [2.24, 2.45) is 5.92 Å². The molecular formula is C20H32N4O2. The molecule has 144 valence electrons. The highest BCUT2D eigenvalue weighted by molar-refractivity contribution is 5.96. The van der Waals surface area contributed by atoms with Gasteiger partial charge in [-0.05, 0) is 50.8 Å². The summed E-state index contributed by atoms with van der Waals surface area (Å²) < 4.78 is 0. The molecule has 1 aliphatic rings. The van der Waals surface area contributed by atoms with Crippen molar-refractivity contribution in [3.05, 3.63) is 29.3 Å². The Morgan fingerprint density at radius 3 is 2.46 bits per heavy atom. The van der Waals surface area contributed by atoms with Crippen LogP contribution < -0.4 is 16.0 Å². The summed E-state index contributed by atoms with van der Waals surface area (Å²) in [5.41, 5.74) is 3.13. The van der Waals surface area contributed by atoms with Crippen LogP contribution in [0.1, 0.15) is 52.7 Å². The van der Waals surface area contributed by atoms with Gasteiger partial charge in [-0.15, -0.1) is 0 Å². The summed E-state index contributed by atoms with van der Waals surface area (Å²) in [5.74, 6) is 0.239. The molecule has 1 aliphatic heterocycles. The third-order valence-corrected chi connectivity index (χ3v) is 4.73. The van der Waals surface area contributed by atoms with Gasteiger partial charge < -0.3 is 10.6 Å². The molecule has 0 saturated heterocycles. The molecule has 1 unspecified atom stereocenters. The van der Waals surface area contributed by atoms with Crippen LogP contribution in [-0.2, 0) is 17.9 Å². The van der Waals surface area contributed by atoms with E-state index in [1.807, 2.05) is 32.9 Å². The van der Waals surface area contributed by atoms with Crippen molar-refractivity contribution in [1.82, 2.24) is 15.5 Å². The monoisotopic (exact) mass is 360 g/mol. The average molecular weight is 361 g/mol. The van der Waals surface area contributed by atoms with E-state index in [0.29, 0.717) is 12.0 Å². The van der Waals surface area contributed by atoms with Crippen LogP contribution in [0, 0.1) is 5.92 Å². The first-order valence-electron chi connectivity index (χ1n) is 9.27. The molecule has 6 nitrogen and oxygen atoms in total. The molecule has 2 rings (SSSR count). The van der Waals surface area contributed by atoms with Crippen molar-refractivity contribution in [2.45, 2.75) is 66.2 Å². The summed E-state index contributed by atoms with van der Waals surface area (Å²) >= 11 is 0. The number of benzene rings is 1. The number of hydrogen-bond donors (Lipinski definition) is 3. The van der Waals surface area contributed by atoms with Gasteiger partial charge in [-0.3, -0.25) is 15.0 Å². The highest BCUT2D eigenvalue weighted by Crippen LogP contribution is 2.31. The molecule has 1 atom stereocenters. The average Bonchev–Trinajstić information content (AvgIpc) is 2.94. The molecule has 0 fully saturated rings. The van der Waals surface area contributed by atoms with E-state index in [1.54, 1.807) is 0 Å². The van der Waals surface area contributed by atoms with Gasteiger partial charge in [0.15, 0.2) is 0 Å². The standard InChI is InChI=1S/C20H32N4O2/c1-13(2)14(3)24-11-15-8-7-9-17(16(15)12-24)21-10-18(25)22-19(26)23-20(4,5)6/h7-9,13-14,21H,10-12H2,1-6H3,(H2,22,23,25,26).